The molecule has 0 saturated carbocycles. The van der Waals surface area contributed by atoms with Gasteiger partial charge in [-0.2, -0.15) is 0 Å². The van der Waals surface area contributed by atoms with Gasteiger partial charge in [0.1, 0.15) is 0 Å². The van der Waals surface area contributed by atoms with Crippen LogP contribution in [0.3, 0.4) is 0 Å². The number of rotatable bonds is 29. The van der Waals surface area contributed by atoms with Gasteiger partial charge < -0.3 is 9.80 Å². The second-order valence-electron chi connectivity index (χ2n) is 26.2. The van der Waals surface area contributed by atoms with E-state index in [4.69, 9.17) is 9.98 Å². The van der Waals surface area contributed by atoms with E-state index in [0.717, 1.165) is 85.5 Å². The number of anilines is 2. The van der Waals surface area contributed by atoms with Gasteiger partial charge in [0.2, 0.25) is 0 Å². The molecular formula is C86H94N4. The van der Waals surface area contributed by atoms with Crippen LogP contribution >= 0.6 is 0 Å². The fourth-order valence-electron chi connectivity index (χ4n) is 12.9. The zero-order valence-electron chi connectivity index (χ0n) is 54.6. The molecule has 0 aliphatic carbocycles. The second kappa shape index (κ2) is 32.1. The molecule has 4 heteroatoms. The lowest BCUT2D eigenvalue weighted by molar-refractivity contribution is 0.535. The normalized spacial score (nSPS) is 12.0. The number of hydrogen-bond acceptors (Lipinski definition) is 4. The van der Waals surface area contributed by atoms with E-state index in [1.165, 1.54) is 55.9 Å². The van der Waals surface area contributed by atoms with Crippen LogP contribution in [0, 0.1) is 23.7 Å². The summed E-state index contributed by atoms with van der Waals surface area (Å²) in [4.78, 5) is 17.2. The highest BCUT2D eigenvalue weighted by molar-refractivity contribution is 6.18. The van der Waals surface area contributed by atoms with Gasteiger partial charge in [0.25, 0.3) is 0 Å². The second-order valence-corrected chi connectivity index (χ2v) is 26.2. The van der Waals surface area contributed by atoms with Crippen molar-refractivity contribution < 1.29 is 0 Å². The maximum atomic E-state index is 5.92. The first-order chi connectivity index (χ1) is 44.0. The Labute approximate surface area is 540 Å². The average Bonchev–Trinajstić information content (AvgIpc) is 0.799. The van der Waals surface area contributed by atoms with Crippen LogP contribution in [0.15, 0.2) is 277 Å². The Morgan fingerprint density at radius 3 is 0.578 bits per heavy atom. The number of benzene rings is 10. The van der Waals surface area contributed by atoms with Crippen molar-refractivity contribution >= 4 is 35.2 Å². The zero-order chi connectivity index (χ0) is 62.6. The summed E-state index contributed by atoms with van der Waals surface area (Å²) in [6.45, 7) is 22.6. The number of nitrogens with zero attached hydrogens (tertiary/aromatic N) is 4. The largest absolute Gasteiger partial charge is 0.371 e. The van der Waals surface area contributed by atoms with Crippen LogP contribution in [-0.2, 0) is 0 Å². The highest BCUT2D eigenvalue weighted by Gasteiger charge is 2.31. The molecule has 0 unspecified atom stereocenters. The zero-order valence-corrected chi connectivity index (χ0v) is 54.6. The van der Waals surface area contributed by atoms with Gasteiger partial charge in [-0.15, -0.1) is 0 Å². The van der Waals surface area contributed by atoms with Gasteiger partial charge in [-0.05, 0) is 140 Å². The molecule has 0 spiro atoms. The molecule has 0 fully saturated rings. The predicted molar refractivity (Wildman–Crippen MR) is 387 cm³/mol. The Kier molecular flexibility index (Phi) is 22.8. The molecule has 0 aromatic heterocycles. The topological polar surface area (TPSA) is 31.2 Å². The summed E-state index contributed by atoms with van der Waals surface area (Å²) in [6.07, 6.45) is 8.37. The summed E-state index contributed by atoms with van der Waals surface area (Å²) in [6, 6.07) is 98.8. The Hall–Kier alpha value is -8.86. The van der Waals surface area contributed by atoms with E-state index in [0.29, 0.717) is 23.7 Å². The van der Waals surface area contributed by atoms with Crippen LogP contribution in [0.5, 0.6) is 0 Å². The van der Waals surface area contributed by atoms with Crippen molar-refractivity contribution in [2.45, 2.75) is 105 Å². The summed E-state index contributed by atoms with van der Waals surface area (Å²) >= 11 is 0. The monoisotopic (exact) mass is 1180 g/mol. The third-order valence-corrected chi connectivity index (χ3v) is 17.7. The lowest BCUT2D eigenvalue weighted by Crippen LogP contribution is -2.28. The van der Waals surface area contributed by atoms with Crippen molar-refractivity contribution in [1.29, 1.82) is 0 Å². The predicted octanol–water partition coefficient (Wildman–Crippen LogP) is 22.3. The molecule has 0 saturated heterocycles. The van der Waals surface area contributed by atoms with E-state index in [9.17, 15) is 0 Å². The first kappa shape index (κ1) is 64.1. The van der Waals surface area contributed by atoms with E-state index in [-0.39, 0.29) is 23.7 Å². The third kappa shape index (κ3) is 16.7. The molecule has 10 rings (SSSR count). The van der Waals surface area contributed by atoms with Crippen molar-refractivity contribution in [3.63, 3.8) is 0 Å². The quantitative estimate of drug-likeness (QED) is 0.0346. The van der Waals surface area contributed by atoms with Crippen LogP contribution in [0.25, 0.3) is 0 Å². The lowest BCUT2D eigenvalue weighted by Gasteiger charge is -2.32. The fourth-order valence-corrected chi connectivity index (χ4v) is 12.9. The molecule has 458 valence electrons. The minimum atomic E-state index is -0.144. The highest BCUT2D eigenvalue weighted by Crippen LogP contribution is 2.49. The molecule has 0 radical (unpaired) electrons. The Bertz CT molecular complexity index is 3140. The van der Waals surface area contributed by atoms with Gasteiger partial charge in [0.15, 0.2) is 0 Å². The Morgan fingerprint density at radius 2 is 0.422 bits per heavy atom. The molecule has 0 aliphatic rings. The molecular weight excluding hydrogens is 1090 g/mol. The third-order valence-electron chi connectivity index (χ3n) is 17.7. The van der Waals surface area contributed by atoms with E-state index >= 15 is 0 Å². The number of hydrogen-bond donors (Lipinski definition) is 0. The van der Waals surface area contributed by atoms with E-state index in [2.05, 4.69) is 332 Å². The molecule has 0 atom stereocenters. The summed E-state index contributed by atoms with van der Waals surface area (Å²) in [5.74, 6) is 1.62. The van der Waals surface area contributed by atoms with Gasteiger partial charge in [-0.3, -0.25) is 9.98 Å². The first-order valence-electron chi connectivity index (χ1n) is 33.3. The van der Waals surface area contributed by atoms with E-state index in [1.807, 2.05) is 12.4 Å². The van der Waals surface area contributed by atoms with Crippen molar-refractivity contribution in [2.24, 2.45) is 33.7 Å². The molecule has 0 aliphatic heterocycles. The van der Waals surface area contributed by atoms with Crippen LogP contribution in [0.1, 0.15) is 172 Å². The van der Waals surface area contributed by atoms with Crippen LogP contribution in [-0.4, -0.2) is 38.6 Å². The van der Waals surface area contributed by atoms with Crippen LogP contribution in [0.2, 0.25) is 0 Å². The standard InChI is InChI=1S/C86H94N4/c1-63(2)49-55-89(56-50-64(3)4)75-59-77(81(67-33-17-9-18-34-67)68-35-19-10-20-36-68)85(78(60-75)82(69-37-21-11-22-38-69)70-39-23-12-24-40-70)87-53-54-88-86-79(83(71-41-25-13-26-42-71)72-43-27-14-28-44-72)61-76(90(57-51-65(5)6)58-52-66(7)8)62-80(86)84(73-45-29-15-30-46-73)74-47-31-16-32-48-74/h9-48,53-54,59-66,81-84H,49-52,55-58H2,1-8H3. The molecule has 0 amide bonds. The summed E-state index contributed by atoms with van der Waals surface area (Å²) in [5.41, 5.74) is 18.8. The maximum Gasteiger partial charge on any atom is 0.0715 e. The van der Waals surface area contributed by atoms with Gasteiger partial charge in [-0.1, -0.05) is 298 Å². The molecule has 10 aromatic carbocycles. The first-order valence-corrected chi connectivity index (χ1v) is 33.3. The molecule has 0 bridgehead atoms. The van der Waals surface area contributed by atoms with E-state index in [1.54, 1.807) is 0 Å². The average molecular weight is 1180 g/mol. The molecule has 0 N–H and O–H groups in total. The SMILES string of the molecule is CC(C)CCN(CCC(C)C)c1cc(C(c2ccccc2)c2ccccc2)c(N=CC=Nc2c(C(c3ccccc3)c3ccccc3)cc(N(CCC(C)C)CCC(C)C)cc2C(c2ccccc2)c2ccccc2)c(C(c2ccccc2)c2ccccc2)c1. The minimum absolute atomic E-state index is 0.144. The molecule has 90 heavy (non-hydrogen) atoms. The lowest BCUT2D eigenvalue weighted by atomic mass is 9.78. The summed E-state index contributed by atoms with van der Waals surface area (Å²) in [7, 11) is 0. The van der Waals surface area contributed by atoms with Gasteiger partial charge in [0.05, 0.1) is 11.4 Å². The van der Waals surface area contributed by atoms with Gasteiger partial charge >= 0.3 is 0 Å². The fraction of sp³-hybridized carbons (Fsp3) is 0.279. The molecule has 4 nitrogen and oxygen atoms in total. The Balaban J connectivity index is 1.30. The Morgan fingerprint density at radius 1 is 0.256 bits per heavy atom. The highest BCUT2D eigenvalue weighted by atomic mass is 15.1. The van der Waals surface area contributed by atoms with E-state index < -0.39 is 0 Å². The van der Waals surface area contributed by atoms with Crippen molar-refractivity contribution in [2.75, 3.05) is 36.0 Å². The minimum Gasteiger partial charge on any atom is -0.371 e. The van der Waals surface area contributed by atoms with Crippen LogP contribution in [0.4, 0.5) is 22.7 Å². The van der Waals surface area contributed by atoms with Gasteiger partial charge in [0, 0.05) is 73.7 Å². The maximum absolute atomic E-state index is 5.92. The summed E-state index contributed by atoms with van der Waals surface area (Å²) in [5, 5.41) is 0. The van der Waals surface area contributed by atoms with Gasteiger partial charge in [-0.25, -0.2) is 0 Å². The summed E-state index contributed by atoms with van der Waals surface area (Å²) < 4.78 is 0. The van der Waals surface area contributed by atoms with Crippen molar-refractivity contribution in [3.8, 4) is 0 Å². The van der Waals surface area contributed by atoms with Crippen molar-refractivity contribution in [1.82, 2.24) is 0 Å². The smallest absolute Gasteiger partial charge is 0.0715 e. The molecule has 0 heterocycles. The number of aliphatic imine (C=N–C) groups is 2. The van der Waals surface area contributed by atoms with Crippen molar-refractivity contribution in [3.05, 3.63) is 334 Å². The van der Waals surface area contributed by atoms with Crippen LogP contribution < -0.4 is 9.80 Å². The molecule has 10 aromatic rings.